The van der Waals surface area contributed by atoms with Crippen LogP contribution in [-0.2, 0) is 9.53 Å². The largest absolute Gasteiger partial charge is 0.478 e. The Balaban J connectivity index is 2.09. The Morgan fingerprint density at radius 3 is 2.74 bits per heavy atom. The fourth-order valence-corrected chi connectivity index (χ4v) is 2.34. The third-order valence-corrected chi connectivity index (χ3v) is 3.49. The van der Waals surface area contributed by atoms with E-state index in [2.05, 4.69) is 5.32 Å². The number of ether oxygens (including phenoxy) is 1. The van der Waals surface area contributed by atoms with Crippen molar-refractivity contribution in [1.82, 2.24) is 0 Å². The van der Waals surface area contributed by atoms with E-state index in [0.29, 0.717) is 18.7 Å². The van der Waals surface area contributed by atoms with Gasteiger partial charge in [-0.15, -0.1) is 0 Å². The Kier molecular flexibility index (Phi) is 4.07. The number of aromatic carboxylic acids is 1. The van der Waals surface area contributed by atoms with Crippen molar-refractivity contribution in [1.29, 1.82) is 0 Å². The molecule has 0 bridgehead atoms. The number of halogens is 1. The van der Waals surface area contributed by atoms with Crippen LogP contribution in [-0.4, -0.2) is 29.7 Å². The number of benzene rings is 1. The molecule has 1 heterocycles. The van der Waals surface area contributed by atoms with Crippen LogP contribution < -0.4 is 5.32 Å². The smallest absolute Gasteiger partial charge is 0.337 e. The first kappa shape index (κ1) is 13.8. The average Bonchev–Trinajstić information content (AvgIpc) is 2.75. The monoisotopic (exact) mass is 283 g/mol. The van der Waals surface area contributed by atoms with Gasteiger partial charge in [-0.25, -0.2) is 4.79 Å². The fraction of sp³-hybridized carbons (Fsp3) is 0.385. The van der Waals surface area contributed by atoms with Gasteiger partial charge in [0.25, 0.3) is 0 Å². The van der Waals surface area contributed by atoms with E-state index >= 15 is 0 Å². The van der Waals surface area contributed by atoms with E-state index in [9.17, 15) is 9.59 Å². The summed E-state index contributed by atoms with van der Waals surface area (Å²) in [5.74, 6) is -1.41. The molecular formula is C13H14ClNO4. The molecule has 1 aliphatic rings. The maximum atomic E-state index is 12.0. The number of hydrogen-bond acceptors (Lipinski definition) is 3. The second-order valence-corrected chi connectivity index (χ2v) is 4.87. The molecule has 102 valence electrons. The van der Waals surface area contributed by atoms with Crippen molar-refractivity contribution in [3.63, 3.8) is 0 Å². The van der Waals surface area contributed by atoms with Gasteiger partial charge in [0, 0.05) is 12.3 Å². The van der Waals surface area contributed by atoms with Gasteiger partial charge in [0.1, 0.15) is 0 Å². The Labute approximate surface area is 115 Å². The SMILES string of the molecule is CC1OCCC1C(=O)Nc1ccc(C(=O)O)c(Cl)c1. The van der Waals surface area contributed by atoms with Crippen molar-refractivity contribution in [3.05, 3.63) is 28.8 Å². The van der Waals surface area contributed by atoms with Crippen LogP contribution >= 0.6 is 11.6 Å². The minimum Gasteiger partial charge on any atom is -0.478 e. The van der Waals surface area contributed by atoms with Gasteiger partial charge in [0.2, 0.25) is 5.91 Å². The summed E-state index contributed by atoms with van der Waals surface area (Å²) in [7, 11) is 0. The number of anilines is 1. The first-order chi connectivity index (χ1) is 8.99. The molecule has 1 fully saturated rings. The molecule has 1 amide bonds. The first-order valence-corrected chi connectivity index (χ1v) is 6.32. The van der Waals surface area contributed by atoms with E-state index in [0.717, 1.165) is 0 Å². The molecule has 0 radical (unpaired) electrons. The highest BCUT2D eigenvalue weighted by Crippen LogP contribution is 2.24. The van der Waals surface area contributed by atoms with Gasteiger partial charge in [0.15, 0.2) is 0 Å². The summed E-state index contributed by atoms with van der Waals surface area (Å²) < 4.78 is 5.33. The molecule has 19 heavy (non-hydrogen) atoms. The topological polar surface area (TPSA) is 75.6 Å². The number of nitrogens with one attached hydrogen (secondary N) is 1. The lowest BCUT2D eigenvalue weighted by Crippen LogP contribution is -2.27. The van der Waals surface area contributed by atoms with Crippen LogP contribution in [0.4, 0.5) is 5.69 Å². The quantitative estimate of drug-likeness (QED) is 0.893. The number of carboxylic acid groups (broad SMARTS) is 1. The van der Waals surface area contributed by atoms with Crippen molar-refractivity contribution in [2.24, 2.45) is 5.92 Å². The van der Waals surface area contributed by atoms with Crippen LogP contribution in [0, 0.1) is 5.92 Å². The summed E-state index contributed by atoms with van der Waals surface area (Å²) in [6.07, 6.45) is 0.585. The van der Waals surface area contributed by atoms with Gasteiger partial charge in [-0.2, -0.15) is 0 Å². The molecule has 0 aromatic heterocycles. The third kappa shape index (κ3) is 3.05. The van der Waals surface area contributed by atoms with Crippen molar-refractivity contribution in [2.45, 2.75) is 19.4 Å². The highest BCUT2D eigenvalue weighted by Gasteiger charge is 2.30. The Hall–Kier alpha value is -1.59. The maximum absolute atomic E-state index is 12.0. The molecule has 0 saturated carbocycles. The minimum absolute atomic E-state index is 0.0113. The number of amides is 1. The van der Waals surface area contributed by atoms with Crippen molar-refractivity contribution in [3.8, 4) is 0 Å². The Morgan fingerprint density at radius 1 is 1.47 bits per heavy atom. The van der Waals surface area contributed by atoms with Crippen LogP contribution in [0.25, 0.3) is 0 Å². The summed E-state index contributed by atoms with van der Waals surface area (Å²) in [6.45, 7) is 2.44. The predicted molar refractivity (Wildman–Crippen MR) is 70.6 cm³/mol. The van der Waals surface area contributed by atoms with Crippen molar-refractivity contribution < 1.29 is 19.4 Å². The van der Waals surface area contributed by atoms with Gasteiger partial charge in [-0.1, -0.05) is 11.6 Å². The molecule has 0 aliphatic carbocycles. The fourth-order valence-electron chi connectivity index (χ4n) is 2.08. The molecule has 2 atom stereocenters. The molecule has 1 aromatic carbocycles. The second kappa shape index (κ2) is 5.59. The van der Waals surface area contributed by atoms with E-state index in [1.807, 2.05) is 6.92 Å². The van der Waals surface area contributed by atoms with Gasteiger partial charge in [-0.05, 0) is 31.5 Å². The van der Waals surface area contributed by atoms with Crippen molar-refractivity contribution >= 4 is 29.2 Å². The van der Waals surface area contributed by atoms with Gasteiger partial charge in [0.05, 0.1) is 22.6 Å². The van der Waals surface area contributed by atoms with E-state index in [4.69, 9.17) is 21.4 Å². The Morgan fingerprint density at radius 2 is 2.21 bits per heavy atom. The van der Waals surface area contributed by atoms with Crippen LogP contribution in [0.2, 0.25) is 5.02 Å². The van der Waals surface area contributed by atoms with E-state index in [-0.39, 0.29) is 28.5 Å². The number of carboxylic acids is 1. The molecular weight excluding hydrogens is 270 g/mol. The van der Waals surface area contributed by atoms with Gasteiger partial charge < -0.3 is 15.2 Å². The average molecular weight is 284 g/mol. The summed E-state index contributed by atoms with van der Waals surface area (Å²) in [5, 5.41) is 11.7. The number of hydrogen-bond donors (Lipinski definition) is 2. The first-order valence-electron chi connectivity index (χ1n) is 5.94. The summed E-state index contributed by atoms with van der Waals surface area (Å²) in [5.41, 5.74) is 0.497. The standard InChI is InChI=1S/C13H14ClNO4/c1-7-9(4-5-19-7)12(16)15-8-2-3-10(13(17)18)11(14)6-8/h2-3,6-7,9H,4-5H2,1H3,(H,15,16)(H,17,18). The molecule has 0 spiro atoms. The summed E-state index contributed by atoms with van der Waals surface area (Å²) in [6, 6.07) is 4.33. The second-order valence-electron chi connectivity index (χ2n) is 4.46. The van der Waals surface area contributed by atoms with Crippen LogP contribution in [0.3, 0.4) is 0 Å². The number of carbonyl (C=O) groups is 2. The lowest BCUT2D eigenvalue weighted by atomic mass is 10.0. The molecule has 1 aliphatic heterocycles. The molecule has 1 aromatic rings. The number of rotatable bonds is 3. The van der Waals surface area contributed by atoms with Gasteiger partial charge >= 0.3 is 5.97 Å². The zero-order valence-electron chi connectivity index (χ0n) is 10.4. The van der Waals surface area contributed by atoms with Crippen LogP contribution in [0.5, 0.6) is 0 Å². The minimum atomic E-state index is -1.10. The lowest BCUT2D eigenvalue weighted by molar-refractivity contribution is -0.121. The molecule has 2 N–H and O–H groups in total. The molecule has 2 unspecified atom stereocenters. The molecule has 2 rings (SSSR count). The highest BCUT2D eigenvalue weighted by molar-refractivity contribution is 6.33. The highest BCUT2D eigenvalue weighted by atomic mass is 35.5. The van der Waals surface area contributed by atoms with Crippen molar-refractivity contribution in [2.75, 3.05) is 11.9 Å². The summed E-state index contributed by atoms with van der Waals surface area (Å²) in [4.78, 5) is 22.8. The summed E-state index contributed by atoms with van der Waals surface area (Å²) >= 11 is 5.84. The zero-order chi connectivity index (χ0) is 14.0. The zero-order valence-corrected chi connectivity index (χ0v) is 11.1. The molecule has 1 saturated heterocycles. The van der Waals surface area contributed by atoms with Crippen LogP contribution in [0.15, 0.2) is 18.2 Å². The lowest BCUT2D eigenvalue weighted by Gasteiger charge is -2.14. The number of carbonyl (C=O) groups excluding carboxylic acids is 1. The van der Waals surface area contributed by atoms with Gasteiger partial charge in [-0.3, -0.25) is 4.79 Å². The maximum Gasteiger partial charge on any atom is 0.337 e. The van der Waals surface area contributed by atoms with E-state index < -0.39 is 5.97 Å². The third-order valence-electron chi connectivity index (χ3n) is 3.18. The molecule has 5 nitrogen and oxygen atoms in total. The normalized spacial score (nSPS) is 22.2. The Bertz CT molecular complexity index is 517. The van der Waals surface area contributed by atoms with E-state index in [1.54, 1.807) is 0 Å². The molecule has 6 heteroatoms. The predicted octanol–water partition coefficient (Wildman–Crippen LogP) is 2.40. The van der Waals surface area contributed by atoms with E-state index in [1.165, 1.54) is 18.2 Å². The van der Waals surface area contributed by atoms with Crippen LogP contribution in [0.1, 0.15) is 23.7 Å².